The standard InChI is InChI=1S/C8H14S2/c9-6-8(10)7-4-2-1-3-5-7/h6-7,9-10H,1-5H2/b8-6-. The van der Waals surface area contributed by atoms with Gasteiger partial charge in [-0.1, -0.05) is 19.3 Å². The molecule has 10 heavy (non-hydrogen) atoms. The van der Waals surface area contributed by atoms with Crippen LogP contribution in [-0.2, 0) is 0 Å². The van der Waals surface area contributed by atoms with E-state index in [-0.39, 0.29) is 0 Å². The Morgan fingerprint density at radius 2 is 1.80 bits per heavy atom. The largest absolute Gasteiger partial charge is 0.151 e. The van der Waals surface area contributed by atoms with E-state index in [1.807, 2.05) is 5.41 Å². The first-order valence-electron chi connectivity index (χ1n) is 3.88. The Balaban J connectivity index is 2.39. The lowest BCUT2D eigenvalue weighted by molar-refractivity contribution is 0.415. The van der Waals surface area contributed by atoms with Crippen LogP contribution in [0.15, 0.2) is 10.3 Å². The van der Waals surface area contributed by atoms with E-state index in [4.69, 9.17) is 0 Å². The number of allylic oxidation sites excluding steroid dienone is 1. The van der Waals surface area contributed by atoms with Crippen molar-refractivity contribution >= 4 is 25.3 Å². The second kappa shape index (κ2) is 4.35. The lowest BCUT2D eigenvalue weighted by Gasteiger charge is -2.20. The highest BCUT2D eigenvalue weighted by atomic mass is 32.1. The molecule has 58 valence electrons. The normalized spacial score (nSPS) is 23.2. The zero-order chi connectivity index (χ0) is 7.40. The highest BCUT2D eigenvalue weighted by Crippen LogP contribution is 2.31. The Labute approximate surface area is 73.9 Å². The first-order valence-corrected chi connectivity index (χ1v) is 4.84. The third kappa shape index (κ3) is 2.24. The van der Waals surface area contributed by atoms with Gasteiger partial charge in [0.15, 0.2) is 0 Å². The SMILES string of the molecule is S/C=C(\S)C1CCCCC1. The molecular weight excluding hydrogens is 160 g/mol. The molecule has 0 bridgehead atoms. The first kappa shape index (κ1) is 8.54. The van der Waals surface area contributed by atoms with Gasteiger partial charge in [-0.25, -0.2) is 0 Å². The molecule has 0 aromatic heterocycles. The Morgan fingerprint density at radius 3 is 2.30 bits per heavy atom. The molecule has 1 rings (SSSR count). The van der Waals surface area contributed by atoms with Crippen molar-refractivity contribution in [1.82, 2.24) is 0 Å². The first-order chi connectivity index (χ1) is 4.84. The van der Waals surface area contributed by atoms with Gasteiger partial charge >= 0.3 is 0 Å². The van der Waals surface area contributed by atoms with Crippen molar-refractivity contribution in [1.29, 1.82) is 0 Å². The molecule has 0 atom stereocenters. The Hall–Kier alpha value is 0.440. The van der Waals surface area contributed by atoms with Crippen molar-refractivity contribution in [2.24, 2.45) is 5.92 Å². The maximum atomic E-state index is 4.36. The Kier molecular flexibility index (Phi) is 3.71. The zero-order valence-electron chi connectivity index (χ0n) is 6.08. The molecule has 1 aliphatic carbocycles. The lowest BCUT2D eigenvalue weighted by Crippen LogP contribution is -2.05. The predicted octanol–water partition coefficient (Wildman–Crippen LogP) is 3.27. The van der Waals surface area contributed by atoms with Crippen molar-refractivity contribution in [3.8, 4) is 0 Å². The highest BCUT2D eigenvalue weighted by Gasteiger charge is 2.14. The molecule has 0 aromatic rings. The minimum absolute atomic E-state index is 0.717. The van der Waals surface area contributed by atoms with Crippen LogP contribution in [0.5, 0.6) is 0 Å². The average molecular weight is 174 g/mol. The summed E-state index contributed by atoms with van der Waals surface area (Å²) < 4.78 is 0. The van der Waals surface area contributed by atoms with Crippen LogP contribution in [0.25, 0.3) is 0 Å². The summed E-state index contributed by atoms with van der Waals surface area (Å²) in [6.45, 7) is 0. The van der Waals surface area contributed by atoms with Crippen LogP contribution in [0.3, 0.4) is 0 Å². The predicted molar refractivity (Wildman–Crippen MR) is 52.6 cm³/mol. The lowest BCUT2D eigenvalue weighted by atomic mass is 9.89. The van der Waals surface area contributed by atoms with Gasteiger partial charge in [-0.2, -0.15) is 12.6 Å². The average Bonchev–Trinajstić information content (AvgIpc) is 2.05. The molecule has 0 nitrogen and oxygen atoms in total. The zero-order valence-corrected chi connectivity index (χ0v) is 7.87. The van der Waals surface area contributed by atoms with Crippen molar-refractivity contribution in [3.63, 3.8) is 0 Å². The van der Waals surface area contributed by atoms with Crippen molar-refractivity contribution in [2.45, 2.75) is 32.1 Å². The molecule has 1 fully saturated rings. The molecule has 0 radical (unpaired) electrons. The molecule has 0 amide bonds. The summed E-state index contributed by atoms with van der Waals surface area (Å²) in [5.74, 6) is 0.717. The molecule has 0 aliphatic heterocycles. The fourth-order valence-corrected chi connectivity index (χ4v) is 1.97. The highest BCUT2D eigenvalue weighted by molar-refractivity contribution is 7.87. The molecule has 1 aliphatic rings. The van der Waals surface area contributed by atoms with Gasteiger partial charge in [0, 0.05) is 0 Å². The number of thiol groups is 2. The van der Waals surface area contributed by atoms with Gasteiger partial charge in [0.1, 0.15) is 0 Å². The van der Waals surface area contributed by atoms with Gasteiger partial charge in [0.25, 0.3) is 0 Å². The van der Waals surface area contributed by atoms with Crippen LogP contribution in [0.1, 0.15) is 32.1 Å². The van der Waals surface area contributed by atoms with Gasteiger partial charge in [-0.05, 0) is 29.1 Å². The molecule has 0 N–H and O–H groups in total. The van der Waals surface area contributed by atoms with Crippen LogP contribution in [-0.4, -0.2) is 0 Å². The number of hydrogen-bond donors (Lipinski definition) is 2. The van der Waals surface area contributed by atoms with E-state index in [0.717, 1.165) is 5.92 Å². The minimum Gasteiger partial charge on any atom is -0.151 e. The van der Waals surface area contributed by atoms with Gasteiger partial charge < -0.3 is 0 Å². The topological polar surface area (TPSA) is 0 Å². The van der Waals surface area contributed by atoms with E-state index in [9.17, 15) is 0 Å². The summed E-state index contributed by atoms with van der Waals surface area (Å²) in [7, 11) is 0. The molecule has 0 spiro atoms. The van der Waals surface area contributed by atoms with E-state index in [1.54, 1.807) is 0 Å². The number of hydrogen-bond acceptors (Lipinski definition) is 2. The van der Waals surface area contributed by atoms with Crippen LogP contribution in [0, 0.1) is 5.92 Å². The molecule has 0 unspecified atom stereocenters. The second-order valence-corrected chi connectivity index (χ2v) is 3.66. The number of rotatable bonds is 1. The summed E-state index contributed by atoms with van der Waals surface area (Å²) in [6, 6.07) is 0. The molecule has 1 saturated carbocycles. The molecular formula is C8H14S2. The molecule has 0 saturated heterocycles. The van der Waals surface area contributed by atoms with E-state index in [0.29, 0.717) is 0 Å². The quantitative estimate of drug-likeness (QED) is 0.560. The second-order valence-electron chi connectivity index (χ2n) is 2.89. The summed E-state index contributed by atoms with van der Waals surface area (Å²) >= 11 is 8.44. The summed E-state index contributed by atoms with van der Waals surface area (Å²) in [5.41, 5.74) is 0. The maximum Gasteiger partial charge on any atom is -0.00928 e. The van der Waals surface area contributed by atoms with Crippen molar-refractivity contribution < 1.29 is 0 Å². The summed E-state index contributed by atoms with van der Waals surface area (Å²) in [6.07, 6.45) is 6.78. The monoisotopic (exact) mass is 174 g/mol. The van der Waals surface area contributed by atoms with Gasteiger partial charge in [-0.15, -0.1) is 12.6 Å². The van der Waals surface area contributed by atoms with Crippen molar-refractivity contribution in [3.05, 3.63) is 10.3 Å². The Bertz CT molecular complexity index is 123. The van der Waals surface area contributed by atoms with E-state index in [2.05, 4.69) is 25.3 Å². The fraction of sp³-hybridized carbons (Fsp3) is 0.750. The van der Waals surface area contributed by atoms with Crippen LogP contribution >= 0.6 is 25.3 Å². The third-order valence-electron chi connectivity index (χ3n) is 2.16. The molecule has 0 heterocycles. The van der Waals surface area contributed by atoms with Gasteiger partial charge in [0.05, 0.1) is 0 Å². The van der Waals surface area contributed by atoms with Crippen LogP contribution in [0.4, 0.5) is 0 Å². The summed E-state index contributed by atoms with van der Waals surface area (Å²) in [5, 5.41) is 1.83. The van der Waals surface area contributed by atoms with Gasteiger partial charge in [-0.3, -0.25) is 0 Å². The third-order valence-corrected chi connectivity index (χ3v) is 3.13. The van der Waals surface area contributed by atoms with Gasteiger partial charge in [0.2, 0.25) is 0 Å². The molecule has 0 aromatic carbocycles. The van der Waals surface area contributed by atoms with Crippen molar-refractivity contribution in [2.75, 3.05) is 0 Å². The van der Waals surface area contributed by atoms with Crippen LogP contribution < -0.4 is 0 Å². The smallest absolute Gasteiger partial charge is 0.00928 e. The Morgan fingerprint density at radius 1 is 1.20 bits per heavy atom. The summed E-state index contributed by atoms with van der Waals surface area (Å²) in [4.78, 5) is 1.17. The maximum absolute atomic E-state index is 4.36. The fourth-order valence-electron chi connectivity index (χ4n) is 1.50. The van der Waals surface area contributed by atoms with E-state index < -0.39 is 0 Å². The minimum atomic E-state index is 0.717. The van der Waals surface area contributed by atoms with E-state index >= 15 is 0 Å². The van der Waals surface area contributed by atoms with E-state index in [1.165, 1.54) is 37.0 Å². The molecule has 2 heteroatoms. The van der Waals surface area contributed by atoms with Crippen LogP contribution in [0.2, 0.25) is 0 Å².